The number of hydrogen-bond donors (Lipinski definition) is 0. The first-order chi connectivity index (χ1) is 9.14. The van der Waals surface area contributed by atoms with Crippen LogP contribution in [0, 0.1) is 5.82 Å². The number of rotatable bonds is 3. The quantitative estimate of drug-likeness (QED) is 0.556. The summed E-state index contributed by atoms with van der Waals surface area (Å²) in [6.07, 6.45) is 10.6. The summed E-state index contributed by atoms with van der Waals surface area (Å²) in [6, 6.07) is 2.91. The third-order valence-electron chi connectivity index (χ3n) is 2.13. The van der Waals surface area contributed by atoms with Crippen molar-refractivity contribution in [3.63, 3.8) is 0 Å². The predicted molar refractivity (Wildman–Crippen MR) is 91.7 cm³/mol. The van der Waals surface area contributed by atoms with Gasteiger partial charge in [0.1, 0.15) is 5.82 Å². The van der Waals surface area contributed by atoms with Gasteiger partial charge in [0.05, 0.1) is 6.20 Å². The molecule has 0 saturated carbocycles. The summed E-state index contributed by atoms with van der Waals surface area (Å²) in [4.78, 5) is 3.51. The Bertz CT molecular complexity index is 202. The molecule has 1 heterocycles. The summed E-state index contributed by atoms with van der Waals surface area (Å²) >= 11 is 0. The Morgan fingerprint density at radius 2 is 1.15 bits per heavy atom. The molecule has 20 heavy (non-hydrogen) atoms. The molecule has 0 atom stereocenters. The largest absolute Gasteiger partial charge is 0.262 e. The van der Waals surface area contributed by atoms with Crippen molar-refractivity contribution >= 4 is 23.9 Å². The van der Waals surface area contributed by atoms with E-state index in [2.05, 4.69) is 46.5 Å². The molecular formula is C17H34FNSn. The van der Waals surface area contributed by atoms with Crippen molar-refractivity contribution in [1.29, 1.82) is 0 Å². The average molecular weight is 390 g/mol. The minimum Gasteiger partial charge on any atom is -0.262 e. The second kappa shape index (κ2) is 31.3. The second-order valence-corrected chi connectivity index (χ2v) is 4.17. The van der Waals surface area contributed by atoms with Crippen molar-refractivity contribution in [1.82, 2.24) is 4.98 Å². The molecule has 0 spiro atoms. The molecule has 0 fully saturated rings. The van der Waals surface area contributed by atoms with Crippen LogP contribution < -0.4 is 0 Å². The van der Waals surface area contributed by atoms with Gasteiger partial charge in [0.2, 0.25) is 0 Å². The standard InChI is InChI=1S/C5H4FN.3C4H10.Sn/c6-5-2-1-3-7-4-5;3*1-3-4-2;/h1-4H;3*3-4H2,1-2H3;. The van der Waals surface area contributed by atoms with Crippen LogP contribution in [0.25, 0.3) is 0 Å². The molecule has 3 heteroatoms. The maximum atomic E-state index is 11.8. The molecule has 0 saturated heterocycles. The minimum atomic E-state index is -0.289. The van der Waals surface area contributed by atoms with E-state index in [1.165, 1.54) is 57.0 Å². The topological polar surface area (TPSA) is 12.9 Å². The van der Waals surface area contributed by atoms with Gasteiger partial charge in [-0.15, -0.1) is 0 Å². The van der Waals surface area contributed by atoms with Gasteiger partial charge in [-0.3, -0.25) is 4.98 Å². The number of pyridine rings is 1. The van der Waals surface area contributed by atoms with Crippen LogP contribution in [0.3, 0.4) is 0 Å². The van der Waals surface area contributed by atoms with E-state index >= 15 is 0 Å². The van der Waals surface area contributed by atoms with Gasteiger partial charge in [-0.25, -0.2) is 4.39 Å². The predicted octanol–water partition coefficient (Wildman–Crippen LogP) is 6.26. The van der Waals surface area contributed by atoms with Gasteiger partial charge in [-0.1, -0.05) is 80.1 Å². The van der Waals surface area contributed by atoms with E-state index in [1.807, 2.05) is 0 Å². The van der Waals surface area contributed by atoms with E-state index < -0.39 is 0 Å². The Morgan fingerprint density at radius 3 is 1.25 bits per heavy atom. The third kappa shape index (κ3) is 43.0. The van der Waals surface area contributed by atoms with E-state index in [0.29, 0.717) is 0 Å². The molecule has 1 rings (SSSR count). The number of nitrogens with zero attached hydrogens (tertiary/aromatic N) is 1. The minimum absolute atomic E-state index is 0. The molecule has 0 aromatic carbocycles. The van der Waals surface area contributed by atoms with Crippen molar-refractivity contribution in [2.75, 3.05) is 0 Å². The summed E-state index contributed by atoms with van der Waals surface area (Å²) in [5, 5.41) is 0. The van der Waals surface area contributed by atoms with Crippen LogP contribution in [0.15, 0.2) is 24.5 Å². The zero-order chi connectivity index (χ0) is 15.4. The fraction of sp³-hybridized carbons (Fsp3) is 0.706. The zero-order valence-corrected chi connectivity index (χ0v) is 17.2. The van der Waals surface area contributed by atoms with E-state index in [0.717, 1.165) is 0 Å². The van der Waals surface area contributed by atoms with Gasteiger partial charge in [0.15, 0.2) is 0 Å². The smallest absolute Gasteiger partial charge is 0.141 e. The van der Waals surface area contributed by atoms with Crippen LogP contribution in [0.2, 0.25) is 0 Å². The Kier molecular flexibility index (Phi) is 44.0. The molecule has 0 aliphatic heterocycles. The molecule has 0 N–H and O–H groups in total. The Hall–Kier alpha value is -0.121. The number of hydrogen-bond acceptors (Lipinski definition) is 1. The SMILES string of the molecule is CCCC.CCCC.CCCC.Fc1cccnc1.[Sn]. The van der Waals surface area contributed by atoms with Gasteiger partial charge in [-0.2, -0.15) is 0 Å². The molecule has 1 nitrogen and oxygen atoms in total. The Morgan fingerprint density at radius 1 is 0.800 bits per heavy atom. The van der Waals surface area contributed by atoms with Crippen molar-refractivity contribution in [2.24, 2.45) is 0 Å². The van der Waals surface area contributed by atoms with Gasteiger partial charge >= 0.3 is 0 Å². The van der Waals surface area contributed by atoms with E-state index in [9.17, 15) is 4.39 Å². The van der Waals surface area contributed by atoms with Gasteiger partial charge in [0.25, 0.3) is 0 Å². The molecule has 0 unspecified atom stereocenters. The monoisotopic (exact) mass is 391 g/mol. The van der Waals surface area contributed by atoms with Crippen LogP contribution in [0.5, 0.6) is 0 Å². The van der Waals surface area contributed by atoms with Crippen molar-refractivity contribution in [3.8, 4) is 0 Å². The first-order valence-corrected chi connectivity index (χ1v) is 7.69. The second-order valence-electron chi connectivity index (χ2n) is 4.17. The molecule has 118 valence electrons. The summed E-state index contributed by atoms with van der Waals surface area (Å²) in [6.45, 7) is 13.1. The summed E-state index contributed by atoms with van der Waals surface area (Å²) < 4.78 is 11.8. The normalized spacial score (nSPS) is 7.55. The average Bonchev–Trinajstić information content (AvgIpc) is 2.48. The van der Waals surface area contributed by atoms with Gasteiger partial charge in [0, 0.05) is 30.1 Å². The number of aromatic nitrogens is 1. The third-order valence-corrected chi connectivity index (χ3v) is 2.13. The maximum Gasteiger partial charge on any atom is 0.141 e. The van der Waals surface area contributed by atoms with Gasteiger partial charge < -0.3 is 0 Å². The van der Waals surface area contributed by atoms with Crippen molar-refractivity contribution in [2.45, 2.75) is 80.1 Å². The molecule has 0 bridgehead atoms. The molecule has 1 aromatic heterocycles. The van der Waals surface area contributed by atoms with Gasteiger partial charge in [-0.05, 0) is 12.1 Å². The van der Waals surface area contributed by atoms with Crippen LogP contribution >= 0.6 is 0 Å². The summed E-state index contributed by atoms with van der Waals surface area (Å²) in [5.41, 5.74) is 0. The molecule has 4 radical (unpaired) electrons. The molecular weight excluding hydrogens is 356 g/mol. The Balaban J connectivity index is -0.0000000881. The summed E-state index contributed by atoms with van der Waals surface area (Å²) in [7, 11) is 0. The molecule has 1 aromatic rings. The van der Waals surface area contributed by atoms with Crippen molar-refractivity contribution < 1.29 is 4.39 Å². The molecule has 0 aliphatic carbocycles. The van der Waals surface area contributed by atoms with Crippen molar-refractivity contribution in [3.05, 3.63) is 30.3 Å². The number of unbranched alkanes of at least 4 members (excludes halogenated alkanes) is 3. The van der Waals surface area contributed by atoms with Crippen LogP contribution in [-0.2, 0) is 0 Å². The summed E-state index contributed by atoms with van der Waals surface area (Å²) in [5.74, 6) is -0.289. The van der Waals surface area contributed by atoms with E-state index in [1.54, 1.807) is 6.07 Å². The van der Waals surface area contributed by atoms with Crippen LogP contribution in [-0.4, -0.2) is 28.9 Å². The Labute approximate surface area is 143 Å². The maximum absolute atomic E-state index is 11.8. The van der Waals surface area contributed by atoms with Crippen LogP contribution in [0.1, 0.15) is 80.1 Å². The van der Waals surface area contributed by atoms with E-state index in [4.69, 9.17) is 0 Å². The first-order valence-electron chi connectivity index (χ1n) is 7.69. The van der Waals surface area contributed by atoms with Crippen LogP contribution in [0.4, 0.5) is 4.39 Å². The van der Waals surface area contributed by atoms with E-state index in [-0.39, 0.29) is 29.7 Å². The number of halogens is 1. The molecule has 0 amide bonds. The zero-order valence-electron chi connectivity index (χ0n) is 14.4. The fourth-order valence-corrected chi connectivity index (χ4v) is 0.342. The molecule has 0 aliphatic rings. The fourth-order valence-electron chi connectivity index (χ4n) is 0.342. The first kappa shape index (κ1) is 28.1.